The molecule has 1 heterocycles. The zero-order chi connectivity index (χ0) is 16.9. The zero-order valence-electron chi connectivity index (χ0n) is 14.0. The molecule has 2 aromatic rings. The lowest BCUT2D eigenvalue weighted by molar-refractivity contribution is 0.282. The van der Waals surface area contributed by atoms with Gasteiger partial charge in [-0.2, -0.15) is 0 Å². The van der Waals surface area contributed by atoms with E-state index in [-0.39, 0.29) is 12.4 Å². The number of aliphatic hydroxyl groups excluding tert-OH is 1. The Labute approximate surface area is 142 Å². The molecule has 1 aliphatic heterocycles. The highest BCUT2D eigenvalue weighted by Crippen LogP contribution is 2.24. The van der Waals surface area contributed by atoms with Gasteiger partial charge in [0.05, 0.1) is 13.7 Å². The molecule has 0 amide bonds. The number of rotatable bonds is 6. The first-order chi connectivity index (χ1) is 11.7. The fraction of sp³-hybridized carbons (Fsp3) is 0.400. The quantitative estimate of drug-likeness (QED) is 0.882. The first kappa shape index (κ1) is 16.9. The summed E-state index contributed by atoms with van der Waals surface area (Å²) < 4.78 is 19.1. The minimum absolute atomic E-state index is 0.0882. The molecule has 1 atom stereocenters. The van der Waals surface area contributed by atoms with Crippen molar-refractivity contribution in [3.8, 4) is 5.75 Å². The first-order valence-electron chi connectivity index (χ1n) is 8.41. The Morgan fingerprint density at radius 1 is 1.17 bits per heavy atom. The van der Waals surface area contributed by atoms with E-state index < -0.39 is 0 Å². The topological polar surface area (TPSA) is 32.7 Å². The van der Waals surface area contributed by atoms with Crippen LogP contribution < -0.4 is 4.74 Å². The van der Waals surface area contributed by atoms with Gasteiger partial charge in [-0.25, -0.2) is 4.39 Å². The number of ether oxygens (including phenoxy) is 1. The van der Waals surface area contributed by atoms with E-state index in [2.05, 4.69) is 17.0 Å². The minimum Gasteiger partial charge on any atom is -0.497 e. The molecule has 0 spiro atoms. The van der Waals surface area contributed by atoms with Crippen molar-refractivity contribution in [3.63, 3.8) is 0 Å². The average molecular weight is 329 g/mol. The number of nitrogens with zero attached hydrogens (tertiary/aromatic N) is 1. The third-order valence-corrected chi connectivity index (χ3v) is 4.75. The van der Waals surface area contributed by atoms with Crippen molar-refractivity contribution in [2.24, 2.45) is 5.92 Å². The molecule has 1 fully saturated rings. The summed E-state index contributed by atoms with van der Waals surface area (Å²) in [7, 11) is 1.55. The van der Waals surface area contributed by atoms with Gasteiger partial charge >= 0.3 is 0 Å². The largest absolute Gasteiger partial charge is 0.497 e. The number of hydrogen-bond donors (Lipinski definition) is 1. The van der Waals surface area contributed by atoms with Crippen LogP contribution in [0.25, 0.3) is 0 Å². The minimum atomic E-state index is -0.197. The van der Waals surface area contributed by atoms with E-state index in [1.165, 1.54) is 11.6 Å². The van der Waals surface area contributed by atoms with Crippen LogP contribution in [0.4, 0.5) is 4.39 Å². The normalized spacial score (nSPS) is 18.0. The summed E-state index contributed by atoms with van der Waals surface area (Å²) in [4.78, 5) is 2.32. The Morgan fingerprint density at radius 3 is 2.58 bits per heavy atom. The summed E-state index contributed by atoms with van der Waals surface area (Å²) in [6.45, 7) is 2.73. The summed E-state index contributed by atoms with van der Waals surface area (Å²) in [5.74, 6) is 0.963. The Morgan fingerprint density at radius 2 is 1.92 bits per heavy atom. The van der Waals surface area contributed by atoms with Crippen LogP contribution in [0.5, 0.6) is 5.75 Å². The number of likely N-dealkylation sites (tertiary alicyclic amines) is 1. The maximum absolute atomic E-state index is 14.1. The van der Waals surface area contributed by atoms with Crippen molar-refractivity contribution < 1.29 is 14.2 Å². The van der Waals surface area contributed by atoms with Crippen LogP contribution in [0.2, 0.25) is 0 Å². The standard InChI is InChI=1S/C20H24FNO2/c1-24-19-7-6-18(20(21)11-19)13-22-9-8-17(12-22)10-15-2-4-16(14-23)5-3-15/h2-7,11,17,23H,8-10,12-14H2,1H3. The monoisotopic (exact) mass is 329 g/mol. The first-order valence-corrected chi connectivity index (χ1v) is 8.41. The Hall–Kier alpha value is -1.91. The summed E-state index contributed by atoms with van der Waals surface area (Å²) in [5, 5.41) is 9.10. The SMILES string of the molecule is COc1ccc(CN2CCC(Cc3ccc(CO)cc3)C2)c(F)c1. The van der Waals surface area contributed by atoms with Crippen molar-refractivity contribution in [3.05, 3.63) is 65.0 Å². The van der Waals surface area contributed by atoms with Gasteiger partial charge < -0.3 is 9.84 Å². The fourth-order valence-electron chi connectivity index (χ4n) is 3.36. The second-order valence-corrected chi connectivity index (χ2v) is 6.53. The summed E-state index contributed by atoms with van der Waals surface area (Å²) in [5.41, 5.74) is 2.97. The Balaban J connectivity index is 1.55. The third kappa shape index (κ3) is 4.13. The number of hydrogen-bond acceptors (Lipinski definition) is 3. The molecule has 0 radical (unpaired) electrons. The van der Waals surface area contributed by atoms with E-state index >= 15 is 0 Å². The number of benzene rings is 2. The summed E-state index contributed by atoms with van der Waals surface area (Å²) >= 11 is 0. The Bertz CT molecular complexity index is 672. The Kier molecular flexibility index (Phi) is 5.48. The van der Waals surface area contributed by atoms with Gasteiger partial charge in [-0.3, -0.25) is 4.90 Å². The molecule has 24 heavy (non-hydrogen) atoms. The van der Waals surface area contributed by atoms with Crippen LogP contribution in [0.3, 0.4) is 0 Å². The highest BCUT2D eigenvalue weighted by molar-refractivity contribution is 5.29. The molecule has 3 nitrogen and oxygen atoms in total. The molecule has 2 aromatic carbocycles. The highest BCUT2D eigenvalue weighted by Gasteiger charge is 2.23. The van der Waals surface area contributed by atoms with E-state index in [9.17, 15) is 4.39 Å². The lowest BCUT2D eigenvalue weighted by Crippen LogP contribution is -2.21. The highest BCUT2D eigenvalue weighted by atomic mass is 19.1. The molecule has 0 bridgehead atoms. The van der Waals surface area contributed by atoms with Crippen molar-refractivity contribution in [1.29, 1.82) is 0 Å². The van der Waals surface area contributed by atoms with Gasteiger partial charge in [0.2, 0.25) is 0 Å². The molecule has 3 rings (SSSR count). The molecule has 0 aliphatic carbocycles. The van der Waals surface area contributed by atoms with Crippen molar-refractivity contribution in [1.82, 2.24) is 4.90 Å². The molecule has 1 N–H and O–H groups in total. The van der Waals surface area contributed by atoms with Gasteiger partial charge in [-0.15, -0.1) is 0 Å². The predicted molar refractivity (Wildman–Crippen MR) is 92.4 cm³/mol. The number of aliphatic hydroxyl groups is 1. The molecule has 128 valence electrons. The van der Waals surface area contributed by atoms with Crippen molar-refractivity contribution in [2.45, 2.75) is 26.0 Å². The lowest BCUT2D eigenvalue weighted by atomic mass is 9.98. The molecule has 4 heteroatoms. The average Bonchev–Trinajstić information content (AvgIpc) is 3.04. The van der Waals surface area contributed by atoms with Gasteiger partial charge in [-0.05, 0) is 42.5 Å². The van der Waals surface area contributed by atoms with Crippen molar-refractivity contribution >= 4 is 0 Å². The molecule has 1 aliphatic rings. The van der Waals surface area contributed by atoms with E-state index in [0.29, 0.717) is 18.2 Å². The second-order valence-electron chi connectivity index (χ2n) is 6.53. The number of methoxy groups -OCH3 is 1. The predicted octanol–water partition coefficient (Wildman–Crippen LogP) is 3.39. The molecule has 1 saturated heterocycles. The summed E-state index contributed by atoms with van der Waals surface area (Å²) in [6.07, 6.45) is 2.17. The van der Waals surface area contributed by atoms with Gasteiger partial charge in [0.15, 0.2) is 0 Å². The molecular weight excluding hydrogens is 305 g/mol. The van der Waals surface area contributed by atoms with Crippen LogP contribution in [0.1, 0.15) is 23.1 Å². The van der Waals surface area contributed by atoms with Crippen LogP contribution >= 0.6 is 0 Å². The van der Waals surface area contributed by atoms with Crippen LogP contribution in [-0.2, 0) is 19.6 Å². The molecule has 0 saturated carbocycles. The van der Waals surface area contributed by atoms with Crippen LogP contribution in [0, 0.1) is 11.7 Å². The van der Waals surface area contributed by atoms with Crippen molar-refractivity contribution in [2.75, 3.05) is 20.2 Å². The maximum Gasteiger partial charge on any atom is 0.131 e. The van der Waals surface area contributed by atoms with Gasteiger partial charge in [-0.1, -0.05) is 30.3 Å². The van der Waals surface area contributed by atoms with Gasteiger partial charge in [0, 0.05) is 24.7 Å². The van der Waals surface area contributed by atoms with E-state index in [1.807, 2.05) is 24.3 Å². The molecule has 0 aromatic heterocycles. The smallest absolute Gasteiger partial charge is 0.131 e. The zero-order valence-corrected chi connectivity index (χ0v) is 14.0. The van der Waals surface area contributed by atoms with E-state index in [1.54, 1.807) is 7.11 Å². The molecule has 1 unspecified atom stereocenters. The third-order valence-electron chi connectivity index (χ3n) is 4.75. The second kappa shape index (κ2) is 7.77. The maximum atomic E-state index is 14.1. The van der Waals surface area contributed by atoms with E-state index in [4.69, 9.17) is 9.84 Å². The molecular formula is C20H24FNO2. The van der Waals surface area contributed by atoms with Gasteiger partial charge in [0.1, 0.15) is 11.6 Å². The lowest BCUT2D eigenvalue weighted by Gasteiger charge is -2.17. The fourth-order valence-corrected chi connectivity index (χ4v) is 3.36. The number of halogens is 1. The summed E-state index contributed by atoms with van der Waals surface area (Å²) in [6, 6.07) is 13.2. The van der Waals surface area contributed by atoms with Gasteiger partial charge in [0.25, 0.3) is 0 Å². The van der Waals surface area contributed by atoms with E-state index in [0.717, 1.165) is 37.1 Å². The van der Waals surface area contributed by atoms with Crippen LogP contribution in [0.15, 0.2) is 42.5 Å². The van der Waals surface area contributed by atoms with Crippen LogP contribution in [-0.4, -0.2) is 30.2 Å².